The van der Waals surface area contributed by atoms with Gasteiger partial charge in [0.2, 0.25) is 0 Å². The minimum atomic E-state index is 0.0524. The molecule has 0 fully saturated rings. The van der Waals surface area contributed by atoms with E-state index in [0.29, 0.717) is 0 Å². The molecule has 3 heteroatoms. The second-order valence-electron chi connectivity index (χ2n) is 4.36. The van der Waals surface area contributed by atoms with Gasteiger partial charge in [0.25, 0.3) is 0 Å². The monoisotopic (exact) mass is 238 g/mol. The van der Waals surface area contributed by atoms with Crippen molar-refractivity contribution < 1.29 is 5.11 Å². The minimum absolute atomic E-state index is 0.0524. The van der Waals surface area contributed by atoms with Crippen LogP contribution in [-0.4, -0.2) is 15.1 Å². The third-order valence-electron chi connectivity index (χ3n) is 2.99. The molecule has 18 heavy (non-hydrogen) atoms. The molecule has 0 unspecified atom stereocenters. The molecule has 0 radical (unpaired) electrons. The normalized spacial score (nSPS) is 10.9. The van der Waals surface area contributed by atoms with Gasteiger partial charge < -0.3 is 10.1 Å². The van der Waals surface area contributed by atoms with Crippen molar-refractivity contribution in [1.82, 2.24) is 9.97 Å². The summed E-state index contributed by atoms with van der Waals surface area (Å²) in [6.45, 7) is 0.0524. The largest absolute Gasteiger partial charge is 0.392 e. The lowest BCUT2D eigenvalue weighted by Gasteiger charge is -1.96. The number of aliphatic hydroxyl groups excluding tert-OH is 1. The molecule has 0 aliphatic heterocycles. The summed E-state index contributed by atoms with van der Waals surface area (Å²) in [6, 6.07) is 16.0. The zero-order chi connectivity index (χ0) is 12.4. The summed E-state index contributed by atoms with van der Waals surface area (Å²) < 4.78 is 0. The zero-order valence-electron chi connectivity index (χ0n) is 9.93. The van der Waals surface area contributed by atoms with Gasteiger partial charge in [-0.25, -0.2) is 4.98 Å². The molecule has 0 spiro atoms. The van der Waals surface area contributed by atoms with E-state index in [4.69, 9.17) is 5.11 Å². The van der Waals surface area contributed by atoms with Gasteiger partial charge in [-0.05, 0) is 23.3 Å². The predicted octanol–water partition coefficient (Wildman–Crippen LogP) is 2.65. The van der Waals surface area contributed by atoms with Gasteiger partial charge in [0.05, 0.1) is 17.6 Å². The highest BCUT2D eigenvalue weighted by molar-refractivity contribution is 5.75. The molecular weight excluding hydrogens is 224 g/mol. The first-order valence-electron chi connectivity index (χ1n) is 5.97. The molecule has 3 nitrogen and oxygen atoms in total. The molecule has 0 atom stereocenters. The molecule has 1 aromatic heterocycles. The Balaban J connectivity index is 1.94. The Morgan fingerprint density at radius 2 is 1.83 bits per heavy atom. The first kappa shape index (κ1) is 11.0. The molecule has 3 rings (SSSR count). The maximum absolute atomic E-state index is 9.10. The van der Waals surface area contributed by atoms with Crippen molar-refractivity contribution in [2.75, 3.05) is 0 Å². The second-order valence-corrected chi connectivity index (χ2v) is 4.36. The average Bonchev–Trinajstić information content (AvgIpc) is 2.80. The second kappa shape index (κ2) is 4.63. The summed E-state index contributed by atoms with van der Waals surface area (Å²) in [7, 11) is 0. The third kappa shape index (κ3) is 2.13. The quantitative estimate of drug-likeness (QED) is 0.737. The lowest BCUT2D eigenvalue weighted by Crippen LogP contribution is -1.89. The molecule has 2 N–H and O–H groups in total. The fourth-order valence-corrected chi connectivity index (χ4v) is 2.08. The van der Waals surface area contributed by atoms with Crippen molar-refractivity contribution in [2.24, 2.45) is 0 Å². The topological polar surface area (TPSA) is 48.9 Å². The van der Waals surface area contributed by atoms with Gasteiger partial charge in [-0.15, -0.1) is 0 Å². The number of aromatic nitrogens is 2. The molecule has 0 aliphatic rings. The van der Waals surface area contributed by atoms with Crippen LogP contribution >= 0.6 is 0 Å². The lowest BCUT2D eigenvalue weighted by molar-refractivity contribution is 0.282. The van der Waals surface area contributed by atoms with E-state index in [-0.39, 0.29) is 6.61 Å². The molecular formula is C15H14N2O. The number of hydrogen-bond donors (Lipinski definition) is 2. The molecule has 0 aliphatic carbocycles. The van der Waals surface area contributed by atoms with Crippen LogP contribution < -0.4 is 0 Å². The van der Waals surface area contributed by atoms with Crippen LogP contribution in [0.25, 0.3) is 11.0 Å². The van der Waals surface area contributed by atoms with Crippen molar-refractivity contribution in [1.29, 1.82) is 0 Å². The van der Waals surface area contributed by atoms with E-state index in [1.807, 2.05) is 36.4 Å². The number of aliphatic hydroxyl groups is 1. The molecule has 3 aromatic rings. The number of fused-ring (bicyclic) bond motifs is 1. The van der Waals surface area contributed by atoms with Gasteiger partial charge in [0.15, 0.2) is 0 Å². The van der Waals surface area contributed by atoms with Crippen molar-refractivity contribution in [3.05, 3.63) is 65.5 Å². The van der Waals surface area contributed by atoms with Gasteiger partial charge in [-0.1, -0.05) is 36.4 Å². The number of nitrogens with one attached hydrogen (secondary N) is 1. The smallest absolute Gasteiger partial charge is 0.111 e. The fourth-order valence-electron chi connectivity index (χ4n) is 2.08. The molecule has 2 aromatic carbocycles. The van der Waals surface area contributed by atoms with E-state index in [2.05, 4.69) is 22.1 Å². The summed E-state index contributed by atoms with van der Waals surface area (Å²) in [5.74, 6) is 0.950. The Labute approximate surface area is 105 Å². The van der Waals surface area contributed by atoms with E-state index in [1.54, 1.807) is 0 Å². The number of aromatic amines is 1. The Hall–Kier alpha value is -2.13. The van der Waals surface area contributed by atoms with Crippen molar-refractivity contribution in [2.45, 2.75) is 13.0 Å². The Bertz CT molecular complexity index is 659. The fraction of sp³-hybridized carbons (Fsp3) is 0.133. The SMILES string of the molecule is OCc1ccc2[nH]c(Cc3ccccc3)nc2c1. The Morgan fingerprint density at radius 1 is 1.00 bits per heavy atom. The molecule has 0 bridgehead atoms. The van der Waals surface area contributed by atoms with Crippen LogP contribution in [0, 0.1) is 0 Å². The van der Waals surface area contributed by atoms with Crippen LogP contribution in [0.3, 0.4) is 0 Å². The predicted molar refractivity (Wildman–Crippen MR) is 71.3 cm³/mol. The molecule has 0 saturated heterocycles. The van der Waals surface area contributed by atoms with E-state index in [0.717, 1.165) is 28.8 Å². The van der Waals surface area contributed by atoms with Crippen LogP contribution in [-0.2, 0) is 13.0 Å². The number of rotatable bonds is 3. The van der Waals surface area contributed by atoms with Crippen molar-refractivity contribution >= 4 is 11.0 Å². The van der Waals surface area contributed by atoms with Gasteiger partial charge in [-0.3, -0.25) is 0 Å². The summed E-state index contributed by atoms with van der Waals surface area (Å²) in [4.78, 5) is 7.85. The Kier molecular flexibility index (Phi) is 2.82. The van der Waals surface area contributed by atoms with Gasteiger partial charge in [0, 0.05) is 6.42 Å². The lowest BCUT2D eigenvalue weighted by atomic mass is 10.1. The highest BCUT2D eigenvalue weighted by Gasteiger charge is 2.04. The maximum atomic E-state index is 9.10. The van der Waals surface area contributed by atoms with Gasteiger partial charge >= 0.3 is 0 Å². The number of nitrogens with zero attached hydrogens (tertiary/aromatic N) is 1. The number of H-pyrrole nitrogens is 1. The van der Waals surface area contributed by atoms with Crippen molar-refractivity contribution in [3.8, 4) is 0 Å². The van der Waals surface area contributed by atoms with Crippen LogP contribution in [0.2, 0.25) is 0 Å². The molecule has 1 heterocycles. The summed E-state index contributed by atoms with van der Waals surface area (Å²) >= 11 is 0. The third-order valence-corrected chi connectivity index (χ3v) is 2.99. The van der Waals surface area contributed by atoms with Crippen LogP contribution in [0.5, 0.6) is 0 Å². The van der Waals surface area contributed by atoms with E-state index < -0.39 is 0 Å². The first-order valence-corrected chi connectivity index (χ1v) is 5.97. The van der Waals surface area contributed by atoms with E-state index in [1.165, 1.54) is 5.56 Å². The highest BCUT2D eigenvalue weighted by Crippen LogP contribution is 2.15. The van der Waals surface area contributed by atoms with E-state index in [9.17, 15) is 0 Å². The zero-order valence-corrected chi connectivity index (χ0v) is 9.93. The summed E-state index contributed by atoms with van der Waals surface area (Å²) in [6.07, 6.45) is 0.796. The van der Waals surface area contributed by atoms with E-state index >= 15 is 0 Å². The minimum Gasteiger partial charge on any atom is -0.392 e. The van der Waals surface area contributed by atoms with Gasteiger partial charge in [-0.2, -0.15) is 0 Å². The number of hydrogen-bond acceptors (Lipinski definition) is 2. The summed E-state index contributed by atoms with van der Waals surface area (Å²) in [5, 5.41) is 9.10. The van der Waals surface area contributed by atoms with Gasteiger partial charge in [0.1, 0.15) is 5.82 Å². The van der Waals surface area contributed by atoms with Crippen molar-refractivity contribution in [3.63, 3.8) is 0 Å². The van der Waals surface area contributed by atoms with Crippen LogP contribution in [0.1, 0.15) is 17.0 Å². The summed E-state index contributed by atoms with van der Waals surface area (Å²) in [5.41, 5.74) is 4.05. The number of benzene rings is 2. The Morgan fingerprint density at radius 3 is 2.61 bits per heavy atom. The molecule has 90 valence electrons. The first-order chi connectivity index (χ1) is 8.85. The average molecular weight is 238 g/mol. The van der Waals surface area contributed by atoms with Crippen LogP contribution in [0.4, 0.5) is 0 Å². The number of imidazole rings is 1. The standard InChI is InChI=1S/C15H14N2O/c18-10-12-6-7-13-14(8-12)17-15(16-13)9-11-4-2-1-3-5-11/h1-8,18H,9-10H2,(H,16,17). The maximum Gasteiger partial charge on any atom is 0.111 e. The van der Waals surface area contributed by atoms with Crippen LogP contribution in [0.15, 0.2) is 48.5 Å². The highest BCUT2D eigenvalue weighted by atomic mass is 16.3. The molecule has 0 saturated carbocycles. The molecule has 0 amide bonds.